The molecule has 2 aromatic carbocycles. The Morgan fingerprint density at radius 2 is 1.79 bits per heavy atom. The van der Waals surface area contributed by atoms with Crippen molar-refractivity contribution < 1.29 is 19.1 Å². The minimum absolute atomic E-state index is 0.275. The van der Waals surface area contributed by atoms with Crippen LogP contribution in [0.5, 0.6) is 5.75 Å². The van der Waals surface area contributed by atoms with E-state index in [9.17, 15) is 9.59 Å². The summed E-state index contributed by atoms with van der Waals surface area (Å²) >= 11 is 0. The number of rotatable bonds is 4. The van der Waals surface area contributed by atoms with Gasteiger partial charge in [0.25, 0.3) is 0 Å². The zero-order chi connectivity index (χ0) is 17.1. The van der Waals surface area contributed by atoms with Crippen molar-refractivity contribution in [2.45, 2.75) is 26.6 Å². The monoisotopic (exact) mass is 320 g/mol. The van der Waals surface area contributed by atoms with Crippen LogP contribution in [0.4, 0.5) is 0 Å². The maximum absolute atomic E-state index is 12.5. The lowest BCUT2D eigenvalue weighted by Gasteiger charge is -2.10. The first-order chi connectivity index (χ1) is 11.6. The lowest BCUT2D eigenvalue weighted by molar-refractivity contribution is 0.0658. The largest absolute Gasteiger partial charge is 0.488 e. The van der Waals surface area contributed by atoms with Crippen LogP contribution in [0.3, 0.4) is 0 Å². The third-order valence-electron chi connectivity index (χ3n) is 3.81. The van der Waals surface area contributed by atoms with Crippen molar-refractivity contribution in [1.29, 1.82) is 0 Å². The molecule has 0 spiro atoms. The number of carbonyl (C=O) groups excluding carboxylic acids is 2. The van der Waals surface area contributed by atoms with Gasteiger partial charge in [0.1, 0.15) is 18.5 Å². The molecule has 0 N–H and O–H groups in total. The summed E-state index contributed by atoms with van der Waals surface area (Å²) in [6, 6.07) is 12.9. The molecule has 0 radical (unpaired) electrons. The number of ketones is 2. The zero-order valence-corrected chi connectivity index (χ0v) is 13.5. The van der Waals surface area contributed by atoms with Crippen molar-refractivity contribution in [3.05, 3.63) is 64.7 Å². The SMILES string of the molecule is CC#COC1C(=O)c2cccc(OCc3ccc(C)cc3)c2C1=O. The van der Waals surface area contributed by atoms with Gasteiger partial charge in [0.2, 0.25) is 17.7 Å². The fourth-order valence-corrected chi connectivity index (χ4v) is 2.57. The van der Waals surface area contributed by atoms with Crippen LogP contribution in [0.1, 0.15) is 38.8 Å². The highest BCUT2D eigenvalue weighted by Gasteiger charge is 2.42. The Labute approximate surface area is 140 Å². The van der Waals surface area contributed by atoms with E-state index in [-0.39, 0.29) is 11.3 Å². The molecule has 3 rings (SSSR count). The van der Waals surface area contributed by atoms with Crippen LogP contribution >= 0.6 is 0 Å². The quantitative estimate of drug-likeness (QED) is 0.640. The van der Waals surface area contributed by atoms with Gasteiger partial charge in [-0.2, -0.15) is 0 Å². The Bertz CT molecular complexity index is 853. The summed E-state index contributed by atoms with van der Waals surface area (Å²) in [7, 11) is 0. The van der Waals surface area contributed by atoms with Crippen molar-refractivity contribution in [3.63, 3.8) is 0 Å². The molecule has 0 aliphatic heterocycles. The maximum Gasteiger partial charge on any atom is 0.235 e. The van der Waals surface area contributed by atoms with Crippen molar-refractivity contribution in [2.75, 3.05) is 0 Å². The molecule has 0 fully saturated rings. The summed E-state index contributed by atoms with van der Waals surface area (Å²) in [5, 5.41) is 0. The summed E-state index contributed by atoms with van der Waals surface area (Å²) in [5.74, 6) is 2.13. The van der Waals surface area contributed by atoms with Crippen molar-refractivity contribution >= 4 is 11.6 Å². The fraction of sp³-hybridized carbons (Fsp3) is 0.200. The van der Waals surface area contributed by atoms with Gasteiger partial charge in [-0.3, -0.25) is 9.59 Å². The van der Waals surface area contributed by atoms with Gasteiger partial charge in [0.15, 0.2) is 0 Å². The van der Waals surface area contributed by atoms with E-state index in [1.807, 2.05) is 31.2 Å². The van der Waals surface area contributed by atoms with Crippen LogP contribution in [0.2, 0.25) is 0 Å². The number of ether oxygens (including phenoxy) is 2. The standard InChI is InChI=1S/C20H16O4/c1-3-11-23-20-18(21)15-5-4-6-16(17(15)19(20)22)24-12-14-9-7-13(2)8-10-14/h4-10,20H,12H2,1-2H3. The molecular formula is C20H16O4. The minimum atomic E-state index is -1.20. The summed E-state index contributed by atoms with van der Waals surface area (Å²) in [6.45, 7) is 3.91. The highest BCUT2D eigenvalue weighted by Crippen LogP contribution is 2.32. The minimum Gasteiger partial charge on any atom is -0.488 e. The molecule has 0 amide bonds. The van der Waals surface area contributed by atoms with E-state index < -0.39 is 11.9 Å². The molecule has 1 unspecified atom stereocenters. The van der Waals surface area contributed by atoms with Gasteiger partial charge in [-0.15, -0.1) is 0 Å². The lowest BCUT2D eigenvalue weighted by Crippen LogP contribution is -2.23. The van der Waals surface area contributed by atoms with Crippen LogP contribution < -0.4 is 4.74 Å². The Morgan fingerprint density at radius 1 is 1.04 bits per heavy atom. The van der Waals surface area contributed by atoms with Gasteiger partial charge in [-0.1, -0.05) is 47.9 Å². The van der Waals surface area contributed by atoms with E-state index in [1.54, 1.807) is 25.1 Å². The van der Waals surface area contributed by atoms with Gasteiger partial charge in [-0.05, 0) is 18.6 Å². The topological polar surface area (TPSA) is 52.6 Å². The van der Waals surface area contributed by atoms with Gasteiger partial charge >= 0.3 is 0 Å². The number of hydrogen-bond donors (Lipinski definition) is 0. The predicted octanol–water partition coefficient (Wildman–Crippen LogP) is 3.32. The molecule has 0 saturated carbocycles. The number of hydrogen-bond acceptors (Lipinski definition) is 4. The third-order valence-corrected chi connectivity index (χ3v) is 3.81. The summed E-state index contributed by atoms with van der Waals surface area (Å²) in [6.07, 6.45) is 1.14. The first-order valence-electron chi connectivity index (χ1n) is 7.59. The fourth-order valence-electron chi connectivity index (χ4n) is 2.57. The van der Waals surface area contributed by atoms with Gasteiger partial charge in [-0.25, -0.2) is 0 Å². The highest BCUT2D eigenvalue weighted by atomic mass is 16.5. The third kappa shape index (κ3) is 2.89. The molecule has 120 valence electrons. The molecule has 2 aromatic rings. The first kappa shape index (κ1) is 15.8. The zero-order valence-electron chi connectivity index (χ0n) is 13.5. The van der Waals surface area contributed by atoms with Crippen LogP contribution in [0, 0.1) is 19.0 Å². The number of Topliss-reactive ketones (excluding diaryl/α,β-unsaturated/α-hetero) is 2. The van der Waals surface area contributed by atoms with E-state index in [0.29, 0.717) is 17.9 Å². The van der Waals surface area contributed by atoms with E-state index in [0.717, 1.165) is 11.1 Å². The molecule has 0 saturated heterocycles. The highest BCUT2D eigenvalue weighted by molar-refractivity contribution is 6.29. The molecule has 1 aliphatic rings. The maximum atomic E-state index is 12.5. The number of fused-ring (bicyclic) bond motifs is 1. The van der Waals surface area contributed by atoms with Crippen LogP contribution in [0.25, 0.3) is 0 Å². The first-order valence-corrected chi connectivity index (χ1v) is 7.59. The Balaban J connectivity index is 1.85. The summed E-state index contributed by atoms with van der Waals surface area (Å²) in [4.78, 5) is 24.8. The second kappa shape index (κ2) is 6.59. The smallest absolute Gasteiger partial charge is 0.235 e. The molecule has 0 bridgehead atoms. The van der Waals surface area contributed by atoms with E-state index >= 15 is 0 Å². The lowest BCUT2D eigenvalue weighted by atomic mass is 10.1. The van der Waals surface area contributed by atoms with Crippen LogP contribution in [-0.4, -0.2) is 17.7 Å². The van der Waals surface area contributed by atoms with Crippen molar-refractivity contribution in [2.24, 2.45) is 0 Å². The van der Waals surface area contributed by atoms with Gasteiger partial charge < -0.3 is 9.47 Å². The average Bonchev–Trinajstić information content (AvgIpc) is 2.84. The predicted molar refractivity (Wildman–Crippen MR) is 88.9 cm³/mol. The second-order valence-electron chi connectivity index (χ2n) is 5.53. The molecular weight excluding hydrogens is 304 g/mol. The van der Waals surface area contributed by atoms with Crippen LogP contribution in [0.15, 0.2) is 42.5 Å². The molecule has 0 heterocycles. The Hall–Kier alpha value is -3.06. The average molecular weight is 320 g/mol. The molecule has 24 heavy (non-hydrogen) atoms. The van der Waals surface area contributed by atoms with Crippen molar-refractivity contribution in [1.82, 2.24) is 0 Å². The van der Waals surface area contributed by atoms with Crippen LogP contribution in [-0.2, 0) is 11.3 Å². The summed E-state index contributed by atoms with van der Waals surface area (Å²) < 4.78 is 10.9. The molecule has 1 aliphatic carbocycles. The molecule has 1 atom stereocenters. The second-order valence-corrected chi connectivity index (χ2v) is 5.53. The van der Waals surface area contributed by atoms with E-state index in [4.69, 9.17) is 9.47 Å². The van der Waals surface area contributed by atoms with Crippen molar-refractivity contribution in [3.8, 4) is 17.8 Å². The molecule has 4 heteroatoms. The molecule has 4 nitrogen and oxygen atoms in total. The van der Waals surface area contributed by atoms with E-state index in [2.05, 4.69) is 12.0 Å². The Morgan fingerprint density at radius 3 is 2.50 bits per heavy atom. The molecule has 0 aromatic heterocycles. The number of aryl methyl sites for hydroxylation is 1. The van der Waals surface area contributed by atoms with E-state index in [1.165, 1.54) is 0 Å². The van der Waals surface area contributed by atoms with Gasteiger partial charge in [0, 0.05) is 12.5 Å². The number of carbonyl (C=O) groups is 2. The normalized spacial score (nSPS) is 15.5. The Kier molecular flexibility index (Phi) is 4.35. The summed E-state index contributed by atoms with van der Waals surface area (Å²) in [5.41, 5.74) is 2.75. The number of benzene rings is 2. The van der Waals surface area contributed by atoms with Gasteiger partial charge in [0.05, 0.1) is 5.56 Å².